The Morgan fingerprint density at radius 2 is 1.05 bits per heavy atom. The number of alkyl halides is 9. The highest BCUT2D eigenvalue weighted by atomic mass is 19.4. The second kappa shape index (κ2) is 4.83. The van der Waals surface area contributed by atoms with Crippen LogP contribution in [-0.4, -0.2) is 6.18 Å². The molecule has 0 fully saturated rings. The van der Waals surface area contributed by atoms with Gasteiger partial charge in [0.05, 0.1) is 11.1 Å². The van der Waals surface area contributed by atoms with Gasteiger partial charge in [0.2, 0.25) is 0 Å². The molecule has 1 aromatic carbocycles. The van der Waals surface area contributed by atoms with E-state index in [1.54, 1.807) is 0 Å². The fraction of sp³-hybridized carbons (Fsp3) is 0.400. The third kappa shape index (κ3) is 3.78. The fourth-order valence-electron chi connectivity index (χ4n) is 1.35. The molecular formula is C10H6F9N. The fourth-order valence-corrected chi connectivity index (χ4v) is 1.35. The van der Waals surface area contributed by atoms with Gasteiger partial charge in [-0.15, -0.1) is 0 Å². The van der Waals surface area contributed by atoms with Gasteiger partial charge in [-0.3, -0.25) is 0 Å². The molecular weight excluding hydrogens is 305 g/mol. The van der Waals surface area contributed by atoms with Crippen LogP contribution in [0.25, 0.3) is 0 Å². The van der Waals surface area contributed by atoms with Crippen molar-refractivity contribution in [2.75, 3.05) is 0 Å². The SMILES string of the molecule is N[C@H](c1cc(C(F)(F)F)cc(C(F)(F)F)c1)C(F)(F)F. The maximum atomic E-state index is 12.4. The van der Waals surface area contributed by atoms with E-state index in [0.29, 0.717) is 0 Å². The summed E-state index contributed by atoms with van der Waals surface area (Å²) >= 11 is 0. The van der Waals surface area contributed by atoms with Gasteiger partial charge in [-0.2, -0.15) is 39.5 Å². The van der Waals surface area contributed by atoms with Crippen molar-refractivity contribution >= 4 is 0 Å². The second-order valence-electron chi connectivity index (χ2n) is 3.86. The van der Waals surface area contributed by atoms with Gasteiger partial charge in [-0.1, -0.05) is 0 Å². The Morgan fingerprint density at radius 3 is 1.30 bits per heavy atom. The highest BCUT2D eigenvalue weighted by molar-refractivity contribution is 5.35. The summed E-state index contributed by atoms with van der Waals surface area (Å²) in [5.41, 5.74) is -0.360. The first-order valence-corrected chi connectivity index (χ1v) is 4.84. The summed E-state index contributed by atoms with van der Waals surface area (Å²) < 4.78 is 111. The van der Waals surface area contributed by atoms with E-state index in [4.69, 9.17) is 0 Å². The lowest BCUT2D eigenvalue weighted by atomic mass is 9.99. The van der Waals surface area contributed by atoms with Gasteiger partial charge in [0.15, 0.2) is 0 Å². The number of benzene rings is 1. The Kier molecular flexibility index (Phi) is 4.01. The number of rotatable bonds is 1. The van der Waals surface area contributed by atoms with Crippen molar-refractivity contribution in [3.05, 3.63) is 34.9 Å². The number of halogens is 9. The summed E-state index contributed by atoms with van der Waals surface area (Å²) in [6, 6.07) is -3.31. The number of hydrogen-bond donors (Lipinski definition) is 1. The van der Waals surface area contributed by atoms with E-state index in [1.807, 2.05) is 0 Å². The normalized spacial score (nSPS) is 15.3. The average molecular weight is 311 g/mol. The third-order valence-corrected chi connectivity index (χ3v) is 2.32. The second-order valence-corrected chi connectivity index (χ2v) is 3.86. The molecule has 0 aliphatic heterocycles. The van der Waals surface area contributed by atoms with Crippen LogP contribution in [0.5, 0.6) is 0 Å². The molecule has 0 aromatic heterocycles. The van der Waals surface area contributed by atoms with E-state index in [9.17, 15) is 39.5 Å². The molecule has 1 aromatic rings. The minimum Gasteiger partial charge on any atom is -0.316 e. The maximum absolute atomic E-state index is 12.4. The molecule has 0 saturated carbocycles. The van der Waals surface area contributed by atoms with Gasteiger partial charge in [0.25, 0.3) is 0 Å². The summed E-state index contributed by atoms with van der Waals surface area (Å²) in [7, 11) is 0. The smallest absolute Gasteiger partial charge is 0.316 e. The van der Waals surface area contributed by atoms with Gasteiger partial charge in [0, 0.05) is 0 Å². The Balaban J connectivity index is 3.47. The molecule has 1 rings (SSSR count). The number of hydrogen-bond acceptors (Lipinski definition) is 1. The van der Waals surface area contributed by atoms with E-state index in [-0.39, 0.29) is 18.2 Å². The van der Waals surface area contributed by atoms with Gasteiger partial charge in [-0.25, -0.2) is 0 Å². The van der Waals surface area contributed by atoms with Crippen LogP contribution in [-0.2, 0) is 12.4 Å². The van der Waals surface area contributed by atoms with Gasteiger partial charge in [0.1, 0.15) is 6.04 Å². The van der Waals surface area contributed by atoms with Crippen molar-refractivity contribution in [2.24, 2.45) is 5.73 Å². The zero-order valence-corrected chi connectivity index (χ0v) is 9.29. The van der Waals surface area contributed by atoms with E-state index in [1.165, 1.54) is 0 Å². The van der Waals surface area contributed by atoms with E-state index in [0.717, 1.165) is 0 Å². The van der Waals surface area contributed by atoms with Crippen molar-refractivity contribution in [1.29, 1.82) is 0 Å². The van der Waals surface area contributed by atoms with Crippen molar-refractivity contribution in [3.8, 4) is 0 Å². The van der Waals surface area contributed by atoms with E-state index >= 15 is 0 Å². The highest BCUT2D eigenvalue weighted by Gasteiger charge is 2.42. The zero-order valence-electron chi connectivity index (χ0n) is 9.29. The van der Waals surface area contributed by atoms with Crippen molar-refractivity contribution in [1.82, 2.24) is 0 Å². The monoisotopic (exact) mass is 311 g/mol. The van der Waals surface area contributed by atoms with Crippen molar-refractivity contribution in [3.63, 3.8) is 0 Å². The van der Waals surface area contributed by atoms with Gasteiger partial charge < -0.3 is 5.73 Å². The van der Waals surface area contributed by atoms with Crippen LogP contribution >= 0.6 is 0 Å². The zero-order chi connectivity index (χ0) is 15.9. The lowest BCUT2D eigenvalue weighted by Gasteiger charge is -2.19. The summed E-state index contributed by atoms with van der Waals surface area (Å²) in [6.07, 6.45) is -15.6. The minimum atomic E-state index is -5.22. The maximum Gasteiger partial charge on any atom is 0.416 e. The Labute approximate surface area is 106 Å². The minimum absolute atomic E-state index is 0.0482. The topological polar surface area (TPSA) is 26.0 Å². The lowest BCUT2D eigenvalue weighted by molar-refractivity contribution is -0.152. The first-order valence-electron chi connectivity index (χ1n) is 4.84. The molecule has 0 amide bonds. The quantitative estimate of drug-likeness (QED) is 0.770. The predicted molar refractivity (Wildman–Crippen MR) is 49.4 cm³/mol. The van der Waals surface area contributed by atoms with Crippen molar-refractivity contribution < 1.29 is 39.5 Å². The molecule has 0 heterocycles. The van der Waals surface area contributed by atoms with Crippen LogP contribution < -0.4 is 5.73 Å². The molecule has 2 N–H and O–H groups in total. The molecule has 0 radical (unpaired) electrons. The van der Waals surface area contributed by atoms with Crippen LogP contribution in [0.2, 0.25) is 0 Å². The first-order chi connectivity index (χ1) is 8.73. The van der Waals surface area contributed by atoms with Gasteiger partial charge >= 0.3 is 18.5 Å². The van der Waals surface area contributed by atoms with Crippen molar-refractivity contribution in [2.45, 2.75) is 24.6 Å². The Hall–Kier alpha value is -1.45. The molecule has 1 atom stereocenters. The molecule has 0 spiro atoms. The molecule has 10 heteroatoms. The Bertz CT molecular complexity index is 451. The number of nitrogens with two attached hydrogens (primary N) is 1. The molecule has 20 heavy (non-hydrogen) atoms. The standard InChI is InChI=1S/C10H6F9N/c11-8(12,13)5-1-4(7(20)10(17,18)19)2-6(3-5)9(14,15)16/h1-3,7H,20H2/t7-/m1/s1. The molecule has 0 aliphatic carbocycles. The summed E-state index contributed by atoms with van der Waals surface area (Å²) in [5, 5.41) is 0. The molecule has 0 saturated heterocycles. The van der Waals surface area contributed by atoms with E-state index in [2.05, 4.69) is 5.73 Å². The van der Waals surface area contributed by atoms with Crippen LogP contribution in [0.15, 0.2) is 18.2 Å². The average Bonchev–Trinajstić information content (AvgIpc) is 2.23. The largest absolute Gasteiger partial charge is 0.416 e. The van der Waals surface area contributed by atoms with Crippen LogP contribution in [0, 0.1) is 0 Å². The summed E-state index contributed by atoms with van der Waals surface area (Å²) in [5.74, 6) is 0. The lowest BCUT2D eigenvalue weighted by Crippen LogP contribution is -2.29. The first kappa shape index (κ1) is 16.6. The van der Waals surface area contributed by atoms with Crippen LogP contribution in [0.3, 0.4) is 0 Å². The predicted octanol–water partition coefficient (Wildman–Crippen LogP) is 4.29. The van der Waals surface area contributed by atoms with Crippen LogP contribution in [0.1, 0.15) is 22.7 Å². The molecule has 0 aliphatic rings. The summed E-state index contributed by atoms with van der Waals surface area (Å²) in [6.45, 7) is 0. The van der Waals surface area contributed by atoms with Crippen LogP contribution in [0.4, 0.5) is 39.5 Å². The van der Waals surface area contributed by atoms with Gasteiger partial charge in [-0.05, 0) is 23.8 Å². The molecule has 0 unspecified atom stereocenters. The highest BCUT2D eigenvalue weighted by Crippen LogP contribution is 2.39. The molecule has 0 bridgehead atoms. The molecule has 114 valence electrons. The third-order valence-electron chi connectivity index (χ3n) is 2.32. The molecule has 1 nitrogen and oxygen atoms in total. The Morgan fingerprint density at radius 1 is 0.700 bits per heavy atom. The summed E-state index contributed by atoms with van der Waals surface area (Å²) in [4.78, 5) is 0. The van der Waals surface area contributed by atoms with E-state index < -0.39 is 41.3 Å².